The van der Waals surface area contributed by atoms with Gasteiger partial charge in [0.15, 0.2) is 6.61 Å². The standard InChI is InChI=1S/C26H25BrN2O4/c1-17(2)21-13-8-18(3)14-24(21)32-16-25(30)29-28-15-19-9-11-20(12-10-19)33-26(31)22-6-4-5-7-23(22)27/h4-15,17H,16H2,1-3H3,(H,29,30)/b28-15+. The Morgan fingerprint density at radius 2 is 1.79 bits per heavy atom. The first kappa shape index (κ1) is 24.2. The van der Waals surface area contributed by atoms with Gasteiger partial charge in [-0.3, -0.25) is 4.79 Å². The number of nitrogens with zero attached hydrogens (tertiary/aromatic N) is 1. The molecule has 0 saturated heterocycles. The van der Waals surface area contributed by atoms with E-state index in [1.807, 2.05) is 31.2 Å². The molecule has 3 aromatic rings. The minimum absolute atomic E-state index is 0.134. The van der Waals surface area contributed by atoms with Crippen LogP contribution in [0.15, 0.2) is 76.3 Å². The van der Waals surface area contributed by atoms with Crippen molar-refractivity contribution in [3.8, 4) is 11.5 Å². The molecule has 0 spiro atoms. The average Bonchev–Trinajstić information content (AvgIpc) is 2.79. The van der Waals surface area contributed by atoms with Gasteiger partial charge in [0.2, 0.25) is 0 Å². The van der Waals surface area contributed by atoms with E-state index in [0.29, 0.717) is 21.5 Å². The molecule has 1 N–H and O–H groups in total. The van der Waals surface area contributed by atoms with Crippen LogP contribution in [0.3, 0.4) is 0 Å². The lowest BCUT2D eigenvalue weighted by atomic mass is 10.0. The molecule has 0 aliphatic heterocycles. The number of rotatable bonds is 8. The van der Waals surface area contributed by atoms with Crippen LogP contribution >= 0.6 is 15.9 Å². The van der Waals surface area contributed by atoms with Gasteiger partial charge in [0.1, 0.15) is 11.5 Å². The molecule has 3 aromatic carbocycles. The molecule has 0 saturated carbocycles. The summed E-state index contributed by atoms with van der Waals surface area (Å²) in [4.78, 5) is 24.4. The van der Waals surface area contributed by atoms with Gasteiger partial charge >= 0.3 is 5.97 Å². The number of carbonyl (C=O) groups is 2. The van der Waals surface area contributed by atoms with Gasteiger partial charge in [-0.2, -0.15) is 5.10 Å². The fraction of sp³-hybridized carbons (Fsp3) is 0.192. The lowest BCUT2D eigenvalue weighted by molar-refractivity contribution is -0.123. The fourth-order valence-corrected chi connectivity index (χ4v) is 3.46. The molecule has 0 radical (unpaired) electrons. The van der Waals surface area contributed by atoms with Crippen LogP contribution in [0.4, 0.5) is 0 Å². The van der Waals surface area contributed by atoms with E-state index < -0.39 is 5.97 Å². The lowest BCUT2D eigenvalue weighted by Crippen LogP contribution is -2.25. The molecule has 7 heteroatoms. The maximum Gasteiger partial charge on any atom is 0.344 e. The third-order valence-corrected chi connectivity index (χ3v) is 5.43. The highest BCUT2D eigenvalue weighted by atomic mass is 79.9. The second-order valence-corrected chi connectivity index (χ2v) is 8.57. The minimum Gasteiger partial charge on any atom is -0.483 e. The normalized spacial score (nSPS) is 10.9. The summed E-state index contributed by atoms with van der Waals surface area (Å²) in [5, 5.41) is 3.96. The van der Waals surface area contributed by atoms with Gasteiger partial charge in [-0.05, 0) is 87.9 Å². The number of hydrazone groups is 1. The maximum absolute atomic E-state index is 12.3. The number of aryl methyl sites for hydroxylation is 1. The van der Waals surface area contributed by atoms with Crippen LogP contribution < -0.4 is 14.9 Å². The van der Waals surface area contributed by atoms with E-state index in [2.05, 4.69) is 40.3 Å². The van der Waals surface area contributed by atoms with Crippen molar-refractivity contribution in [1.82, 2.24) is 5.43 Å². The molecule has 0 unspecified atom stereocenters. The van der Waals surface area contributed by atoms with Crippen LogP contribution in [0.1, 0.15) is 46.8 Å². The van der Waals surface area contributed by atoms with Crippen molar-refractivity contribution in [3.05, 3.63) is 93.5 Å². The number of ether oxygens (including phenoxy) is 2. The van der Waals surface area contributed by atoms with Crippen LogP contribution in [0.25, 0.3) is 0 Å². The molecule has 0 fully saturated rings. The third kappa shape index (κ3) is 7.02. The summed E-state index contributed by atoms with van der Waals surface area (Å²) in [6.45, 7) is 6.00. The van der Waals surface area contributed by atoms with Gasteiger partial charge in [-0.25, -0.2) is 10.2 Å². The van der Waals surface area contributed by atoms with Crippen LogP contribution in [0.5, 0.6) is 11.5 Å². The Morgan fingerprint density at radius 3 is 2.48 bits per heavy atom. The monoisotopic (exact) mass is 508 g/mol. The summed E-state index contributed by atoms with van der Waals surface area (Å²) < 4.78 is 11.8. The fourth-order valence-electron chi connectivity index (χ4n) is 3.01. The highest BCUT2D eigenvalue weighted by Gasteiger charge is 2.12. The molecular formula is C26H25BrN2O4. The first-order valence-corrected chi connectivity index (χ1v) is 11.2. The number of amides is 1. The molecule has 1 amide bonds. The molecule has 6 nitrogen and oxygen atoms in total. The summed E-state index contributed by atoms with van der Waals surface area (Å²) in [6, 6.07) is 19.8. The Morgan fingerprint density at radius 1 is 1.06 bits per heavy atom. The van der Waals surface area contributed by atoms with Crippen LogP contribution in [0, 0.1) is 6.92 Å². The Kier molecular flexibility index (Phi) is 8.38. The largest absolute Gasteiger partial charge is 0.483 e. The molecule has 0 atom stereocenters. The van der Waals surface area contributed by atoms with E-state index in [4.69, 9.17) is 9.47 Å². The number of hydrogen-bond donors (Lipinski definition) is 1. The van der Waals surface area contributed by atoms with Gasteiger partial charge in [0, 0.05) is 4.47 Å². The maximum atomic E-state index is 12.3. The van der Waals surface area contributed by atoms with Crippen molar-refractivity contribution in [1.29, 1.82) is 0 Å². The van der Waals surface area contributed by atoms with Gasteiger partial charge in [0.25, 0.3) is 5.91 Å². The van der Waals surface area contributed by atoms with E-state index in [1.54, 1.807) is 42.5 Å². The highest BCUT2D eigenvalue weighted by molar-refractivity contribution is 9.10. The topological polar surface area (TPSA) is 77.0 Å². The Labute approximate surface area is 201 Å². The molecule has 170 valence electrons. The number of halogens is 1. The van der Waals surface area contributed by atoms with Crippen molar-refractivity contribution >= 4 is 34.0 Å². The van der Waals surface area contributed by atoms with Gasteiger partial charge in [-0.15, -0.1) is 0 Å². The Hall–Kier alpha value is -3.45. The summed E-state index contributed by atoms with van der Waals surface area (Å²) in [5.74, 6) is 0.589. The van der Waals surface area contributed by atoms with Gasteiger partial charge < -0.3 is 9.47 Å². The number of esters is 1. The molecule has 0 bridgehead atoms. The van der Waals surface area contributed by atoms with Crippen LogP contribution in [-0.2, 0) is 4.79 Å². The first-order valence-electron chi connectivity index (χ1n) is 10.5. The van der Waals surface area contributed by atoms with E-state index in [0.717, 1.165) is 16.7 Å². The second kappa shape index (κ2) is 11.4. The first-order chi connectivity index (χ1) is 15.8. The summed E-state index contributed by atoms with van der Waals surface area (Å²) >= 11 is 3.34. The Balaban J connectivity index is 1.50. The van der Waals surface area contributed by atoms with Crippen molar-refractivity contribution in [2.45, 2.75) is 26.7 Å². The van der Waals surface area contributed by atoms with Crippen LogP contribution in [-0.4, -0.2) is 24.7 Å². The highest BCUT2D eigenvalue weighted by Crippen LogP contribution is 2.27. The average molecular weight is 509 g/mol. The van der Waals surface area contributed by atoms with Gasteiger partial charge in [0.05, 0.1) is 11.8 Å². The zero-order chi connectivity index (χ0) is 23.8. The molecule has 0 aromatic heterocycles. The molecule has 3 rings (SSSR count). The zero-order valence-electron chi connectivity index (χ0n) is 18.7. The van der Waals surface area contributed by atoms with Crippen molar-refractivity contribution < 1.29 is 19.1 Å². The lowest BCUT2D eigenvalue weighted by Gasteiger charge is -2.14. The number of benzene rings is 3. The van der Waals surface area contributed by atoms with Crippen LogP contribution in [0.2, 0.25) is 0 Å². The van der Waals surface area contributed by atoms with E-state index >= 15 is 0 Å². The van der Waals surface area contributed by atoms with Crippen molar-refractivity contribution in [2.75, 3.05) is 6.61 Å². The van der Waals surface area contributed by atoms with E-state index in [1.165, 1.54) is 6.21 Å². The van der Waals surface area contributed by atoms with E-state index in [9.17, 15) is 9.59 Å². The van der Waals surface area contributed by atoms with Gasteiger partial charge in [-0.1, -0.05) is 38.1 Å². The third-order valence-electron chi connectivity index (χ3n) is 4.74. The predicted molar refractivity (Wildman–Crippen MR) is 132 cm³/mol. The Bertz CT molecular complexity index is 1160. The number of hydrogen-bond acceptors (Lipinski definition) is 5. The molecule has 0 heterocycles. The summed E-state index contributed by atoms with van der Waals surface area (Å²) in [5.41, 5.74) is 5.75. The predicted octanol–water partition coefficient (Wildman–Crippen LogP) is 5.63. The molecule has 33 heavy (non-hydrogen) atoms. The van der Waals surface area contributed by atoms with E-state index in [-0.39, 0.29) is 18.4 Å². The molecular weight excluding hydrogens is 484 g/mol. The zero-order valence-corrected chi connectivity index (χ0v) is 20.3. The summed E-state index contributed by atoms with van der Waals surface area (Å²) in [6.07, 6.45) is 1.50. The number of carbonyl (C=O) groups excluding carboxylic acids is 2. The quantitative estimate of drug-likeness (QED) is 0.185. The van der Waals surface area contributed by atoms with Crippen molar-refractivity contribution in [3.63, 3.8) is 0 Å². The summed E-state index contributed by atoms with van der Waals surface area (Å²) in [7, 11) is 0. The molecule has 0 aliphatic carbocycles. The minimum atomic E-state index is -0.453. The SMILES string of the molecule is Cc1ccc(C(C)C)c(OCC(=O)N/N=C/c2ccc(OC(=O)c3ccccc3Br)cc2)c1. The molecule has 0 aliphatic rings. The number of nitrogens with one attached hydrogen (secondary N) is 1. The second-order valence-electron chi connectivity index (χ2n) is 7.72. The smallest absolute Gasteiger partial charge is 0.344 e. The van der Waals surface area contributed by atoms with Crippen molar-refractivity contribution in [2.24, 2.45) is 5.10 Å².